The van der Waals surface area contributed by atoms with Crippen molar-refractivity contribution in [3.8, 4) is 5.75 Å². The smallest absolute Gasteiger partial charge is 0.477 e. The highest BCUT2D eigenvalue weighted by Crippen LogP contribution is 2.36. The van der Waals surface area contributed by atoms with Crippen molar-refractivity contribution < 1.29 is 34.3 Å². The quantitative estimate of drug-likeness (QED) is 0.555. The molecule has 5 atom stereocenters. The molecule has 0 aromatic heterocycles. The van der Waals surface area contributed by atoms with Crippen LogP contribution in [-0.4, -0.2) is 64.2 Å². The van der Waals surface area contributed by atoms with Crippen LogP contribution >= 0.6 is 11.8 Å². The SMILES string of the molecule is CCc1ccc(Cc2ccccc2OC2SC(COC(=O)OC)C(O)C(O)C2O)cc1. The Kier molecular flexibility index (Phi) is 8.20. The molecule has 0 amide bonds. The van der Waals surface area contributed by atoms with Gasteiger partial charge >= 0.3 is 6.16 Å². The molecule has 0 aliphatic carbocycles. The number of aliphatic hydroxyl groups excluding tert-OH is 3. The number of hydrogen-bond donors (Lipinski definition) is 3. The van der Waals surface area contributed by atoms with Gasteiger partial charge in [0.15, 0.2) is 5.44 Å². The van der Waals surface area contributed by atoms with Gasteiger partial charge in [0.05, 0.1) is 18.5 Å². The highest BCUT2D eigenvalue weighted by molar-refractivity contribution is 8.00. The van der Waals surface area contributed by atoms with Crippen molar-refractivity contribution in [3.63, 3.8) is 0 Å². The van der Waals surface area contributed by atoms with Crippen LogP contribution in [-0.2, 0) is 22.3 Å². The summed E-state index contributed by atoms with van der Waals surface area (Å²) in [6, 6.07) is 15.9. The first-order valence-electron chi connectivity index (χ1n) is 10.2. The monoisotopic (exact) mass is 448 g/mol. The molecule has 8 heteroatoms. The summed E-state index contributed by atoms with van der Waals surface area (Å²) < 4.78 is 15.4. The summed E-state index contributed by atoms with van der Waals surface area (Å²) in [5, 5.41) is 30.3. The minimum Gasteiger partial charge on any atom is -0.477 e. The van der Waals surface area contributed by atoms with Gasteiger partial charge in [-0.15, -0.1) is 11.8 Å². The van der Waals surface area contributed by atoms with E-state index < -0.39 is 35.2 Å². The van der Waals surface area contributed by atoms with Gasteiger partial charge in [0, 0.05) is 6.42 Å². The van der Waals surface area contributed by atoms with Gasteiger partial charge in [-0.3, -0.25) is 0 Å². The van der Waals surface area contributed by atoms with Gasteiger partial charge in [0.1, 0.15) is 24.6 Å². The summed E-state index contributed by atoms with van der Waals surface area (Å²) in [7, 11) is 1.18. The lowest BCUT2D eigenvalue weighted by atomic mass is 10.0. The molecule has 1 aliphatic heterocycles. The largest absolute Gasteiger partial charge is 0.508 e. The summed E-state index contributed by atoms with van der Waals surface area (Å²) in [6.07, 6.45) is -3.29. The van der Waals surface area contributed by atoms with Crippen LogP contribution in [0.4, 0.5) is 4.79 Å². The fourth-order valence-electron chi connectivity index (χ4n) is 3.36. The highest BCUT2D eigenvalue weighted by atomic mass is 32.2. The maximum Gasteiger partial charge on any atom is 0.508 e. The zero-order valence-electron chi connectivity index (χ0n) is 17.5. The van der Waals surface area contributed by atoms with Gasteiger partial charge in [0.25, 0.3) is 0 Å². The Hall–Kier alpha value is -2.26. The van der Waals surface area contributed by atoms with Gasteiger partial charge < -0.3 is 29.5 Å². The molecule has 1 fully saturated rings. The van der Waals surface area contributed by atoms with E-state index in [1.54, 1.807) is 6.07 Å². The first-order valence-corrected chi connectivity index (χ1v) is 11.1. The Morgan fingerprint density at radius 1 is 0.968 bits per heavy atom. The lowest BCUT2D eigenvalue weighted by molar-refractivity contribution is -0.0921. The molecule has 1 heterocycles. The molecule has 0 saturated carbocycles. The number of para-hydroxylation sites is 1. The van der Waals surface area contributed by atoms with Crippen molar-refractivity contribution in [2.24, 2.45) is 0 Å². The molecule has 2 aromatic carbocycles. The molecule has 7 nitrogen and oxygen atoms in total. The van der Waals surface area contributed by atoms with E-state index in [1.807, 2.05) is 18.2 Å². The number of methoxy groups -OCH3 is 1. The van der Waals surface area contributed by atoms with E-state index in [0.717, 1.165) is 29.3 Å². The van der Waals surface area contributed by atoms with E-state index in [0.29, 0.717) is 12.2 Å². The third-order valence-corrected chi connectivity index (χ3v) is 6.65. The predicted octanol–water partition coefficient (Wildman–Crippen LogP) is 2.53. The van der Waals surface area contributed by atoms with Crippen molar-refractivity contribution in [3.05, 3.63) is 65.2 Å². The molecule has 168 valence electrons. The van der Waals surface area contributed by atoms with Gasteiger partial charge in [-0.25, -0.2) is 4.79 Å². The molecule has 1 saturated heterocycles. The van der Waals surface area contributed by atoms with E-state index in [2.05, 4.69) is 35.9 Å². The molecule has 3 N–H and O–H groups in total. The predicted molar refractivity (Wildman–Crippen MR) is 117 cm³/mol. The summed E-state index contributed by atoms with van der Waals surface area (Å²) in [5.41, 5.74) is 2.48. The van der Waals surface area contributed by atoms with Gasteiger partial charge in [0.2, 0.25) is 0 Å². The Morgan fingerprint density at radius 3 is 2.32 bits per heavy atom. The highest BCUT2D eigenvalue weighted by Gasteiger charge is 2.45. The summed E-state index contributed by atoms with van der Waals surface area (Å²) in [5.74, 6) is 0.579. The minimum absolute atomic E-state index is 0.187. The molecular formula is C23H28O7S. The second kappa shape index (κ2) is 10.9. The number of hydrogen-bond acceptors (Lipinski definition) is 8. The number of aryl methyl sites for hydroxylation is 1. The van der Waals surface area contributed by atoms with Crippen LogP contribution in [0.3, 0.4) is 0 Å². The second-order valence-corrected chi connectivity index (χ2v) is 8.69. The van der Waals surface area contributed by atoms with Crippen LogP contribution < -0.4 is 4.74 Å². The first kappa shape index (κ1) is 23.4. The Labute approximate surface area is 186 Å². The van der Waals surface area contributed by atoms with Gasteiger partial charge in [-0.2, -0.15) is 0 Å². The molecule has 5 unspecified atom stereocenters. The van der Waals surface area contributed by atoms with Crippen LogP contribution in [0.2, 0.25) is 0 Å². The maximum absolute atomic E-state index is 11.3. The average molecular weight is 449 g/mol. The Morgan fingerprint density at radius 2 is 1.65 bits per heavy atom. The van der Waals surface area contributed by atoms with Crippen LogP contribution in [0.25, 0.3) is 0 Å². The van der Waals surface area contributed by atoms with Crippen LogP contribution in [0.5, 0.6) is 5.75 Å². The third kappa shape index (κ3) is 5.92. The number of ether oxygens (including phenoxy) is 3. The Bertz CT molecular complexity index is 857. The van der Waals surface area contributed by atoms with Crippen molar-refractivity contribution in [1.82, 2.24) is 0 Å². The van der Waals surface area contributed by atoms with E-state index in [-0.39, 0.29) is 6.61 Å². The normalized spacial score (nSPS) is 25.6. The molecule has 2 aromatic rings. The zero-order valence-corrected chi connectivity index (χ0v) is 18.3. The average Bonchev–Trinajstić information content (AvgIpc) is 2.80. The third-order valence-electron chi connectivity index (χ3n) is 5.24. The molecule has 3 rings (SSSR count). The fourth-order valence-corrected chi connectivity index (χ4v) is 4.66. The number of benzene rings is 2. The lowest BCUT2D eigenvalue weighted by Crippen LogP contribution is -2.55. The minimum atomic E-state index is -1.44. The van der Waals surface area contributed by atoms with Crippen LogP contribution in [0.1, 0.15) is 23.6 Å². The van der Waals surface area contributed by atoms with Crippen molar-refractivity contribution >= 4 is 17.9 Å². The number of rotatable bonds is 7. The number of thioether (sulfide) groups is 1. The van der Waals surface area contributed by atoms with E-state index >= 15 is 0 Å². The van der Waals surface area contributed by atoms with Crippen LogP contribution in [0, 0.1) is 0 Å². The fraction of sp³-hybridized carbons (Fsp3) is 0.435. The number of aliphatic hydroxyl groups is 3. The number of carbonyl (C=O) groups is 1. The molecular weight excluding hydrogens is 420 g/mol. The van der Waals surface area contributed by atoms with E-state index in [4.69, 9.17) is 9.47 Å². The molecule has 0 bridgehead atoms. The summed E-state index contributed by atoms with van der Waals surface area (Å²) in [4.78, 5) is 11.3. The topological polar surface area (TPSA) is 105 Å². The van der Waals surface area contributed by atoms with Crippen LogP contribution in [0.15, 0.2) is 48.5 Å². The molecule has 0 spiro atoms. The summed E-state index contributed by atoms with van der Waals surface area (Å²) in [6.45, 7) is 1.92. The molecule has 0 radical (unpaired) electrons. The van der Waals surface area contributed by atoms with Gasteiger partial charge in [-0.05, 0) is 29.2 Å². The molecule has 1 aliphatic rings. The van der Waals surface area contributed by atoms with Crippen molar-refractivity contribution in [2.45, 2.75) is 48.8 Å². The summed E-state index contributed by atoms with van der Waals surface area (Å²) >= 11 is 1.10. The van der Waals surface area contributed by atoms with E-state index in [9.17, 15) is 20.1 Å². The number of carbonyl (C=O) groups excluding carboxylic acids is 1. The zero-order chi connectivity index (χ0) is 22.4. The van der Waals surface area contributed by atoms with E-state index in [1.165, 1.54) is 12.7 Å². The molecule has 31 heavy (non-hydrogen) atoms. The second-order valence-electron chi connectivity index (χ2n) is 7.35. The Balaban J connectivity index is 1.73. The maximum atomic E-state index is 11.3. The lowest BCUT2D eigenvalue weighted by Gasteiger charge is -2.39. The standard InChI is InChI=1S/C23H28O7S/c1-3-14-8-10-15(11-9-14)12-16-6-4-5-7-17(16)30-22-21(26)20(25)19(24)18(31-22)13-29-23(27)28-2/h4-11,18-22,24-26H,3,12-13H2,1-2H3. The van der Waals surface area contributed by atoms with Crippen molar-refractivity contribution in [2.75, 3.05) is 13.7 Å². The first-order chi connectivity index (χ1) is 14.9. The van der Waals surface area contributed by atoms with Crippen molar-refractivity contribution in [1.29, 1.82) is 0 Å². The van der Waals surface area contributed by atoms with Gasteiger partial charge in [-0.1, -0.05) is 49.4 Å².